The molecule has 6 rings (SSSR count). The summed E-state index contributed by atoms with van der Waals surface area (Å²) in [5.41, 5.74) is 5.19. The average Bonchev–Trinajstić information content (AvgIpc) is 3.31. The fraction of sp³-hybridized carbons (Fsp3) is 0.444. The number of rotatable bonds is 9. The topological polar surface area (TPSA) is 52.7 Å². The van der Waals surface area contributed by atoms with Crippen LogP contribution in [-0.4, -0.2) is 54.9 Å². The minimum atomic E-state index is -0.670. The highest BCUT2D eigenvalue weighted by molar-refractivity contribution is 6.00. The largest absolute Gasteiger partial charge is 0.368 e. The van der Waals surface area contributed by atoms with Crippen LogP contribution in [0.2, 0.25) is 0 Å². The van der Waals surface area contributed by atoms with Crippen LogP contribution in [0.5, 0.6) is 0 Å². The van der Waals surface area contributed by atoms with E-state index >= 15 is 0 Å². The van der Waals surface area contributed by atoms with Crippen LogP contribution in [0.25, 0.3) is 11.1 Å². The van der Waals surface area contributed by atoms with Gasteiger partial charge in [0.15, 0.2) is 0 Å². The van der Waals surface area contributed by atoms with Crippen LogP contribution in [0.15, 0.2) is 78.9 Å². The summed E-state index contributed by atoms with van der Waals surface area (Å²) >= 11 is 0. The molecule has 1 amide bonds. The van der Waals surface area contributed by atoms with Crippen LogP contribution in [0.1, 0.15) is 69.4 Å². The second kappa shape index (κ2) is 12.2. The minimum Gasteiger partial charge on any atom is -0.368 e. The molecule has 3 aliphatic rings. The molecule has 0 aromatic heterocycles. The first-order valence-corrected chi connectivity index (χ1v) is 15.6. The van der Waals surface area contributed by atoms with E-state index in [-0.39, 0.29) is 23.8 Å². The number of nitrogens with zero attached hydrogens (tertiary/aromatic N) is 2. The van der Waals surface area contributed by atoms with Gasteiger partial charge in [-0.3, -0.25) is 14.5 Å². The molecule has 5 nitrogen and oxygen atoms in total. The lowest BCUT2D eigenvalue weighted by Crippen LogP contribution is -2.56. The van der Waals surface area contributed by atoms with Crippen LogP contribution >= 0.6 is 0 Å². The number of amides is 1. The fourth-order valence-electron chi connectivity index (χ4n) is 7.56. The maximum Gasteiger partial charge on any atom is 0.235 e. The van der Waals surface area contributed by atoms with E-state index in [9.17, 15) is 9.59 Å². The Bertz CT molecular complexity index is 1320. The molecule has 2 aliphatic carbocycles. The number of hydrogen-bond donors (Lipinski definition) is 1. The molecule has 0 spiro atoms. The lowest BCUT2D eigenvalue weighted by Gasteiger charge is -2.41. The second-order valence-electron chi connectivity index (χ2n) is 12.2. The standard InChI is InChI=1S/C36H43N3O2/c1-27(40)34-26-39(29-16-6-3-7-17-29)25-24-38(34)23-13-12-22-36(35(41)37-28-14-4-2-5-15-28)32-20-10-8-18-30(32)31-19-9-11-21-33(31)36/h3,6-11,16-21,28,34H,2,4-5,12-15,22-26H2,1H3,(H,37,41). The maximum atomic E-state index is 14.4. The number of unbranched alkanes of at least 4 members (excludes halogenated alkanes) is 1. The molecule has 3 aromatic carbocycles. The zero-order valence-corrected chi connectivity index (χ0v) is 24.4. The monoisotopic (exact) mass is 549 g/mol. The van der Waals surface area contributed by atoms with E-state index in [1.807, 2.05) is 6.07 Å². The molecule has 3 aromatic rings. The highest BCUT2D eigenvalue weighted by Crippen LogP contribution is 2.51. The third kappa shape index (κ3) is 5.44. The van der Waals surface area contributed by atoms with Gasteiger partial charge in [0, 0.05) is 31.4 Å². The first kappa shape index (κ1) is 27.7. The van der Waals surface area contributed by atoms with Crippen molar-refractivity contribution in [1.82, 2.24) is 10.2 Å². The van der Waals surface area contributed by atoms with Gasteiger partial charge in [0.25, 0.3) is 0 Å². The van der Waals surface area contributed by atoms with Gasteiger partial charge in [-0.15, -0.1) is 0 Å². The third-order valence-corrected chi connectivity index (χ3v) is 9.72. The van der Waals surface area contributed by atoms with Gasteiger partial charge in [0.2, 0.25) is 5.91 Å². The van der Waals surface area contributed by atoms with Crippen LogP contribution in [-0.2, 0) is 15.0 Å². The SMILES string of the molecule is CC(=O)C1CN(c2ccccc2)CCN1CCCCC1(C(=O)NC2CCCCC2)c2ccccc2-c2ccccc21. The number of benzene rings is 3. The summed E-state index contributed by atoms with van der Waals surface area (Å²) in [6, 6.07) is 27.6. The molecule has 0 radical (unpaired) electrons. The van der Waals surface area contributed by atoms with E-state index in [4.69, 9.17) is 0 Å². The Kier molecular flexibility index (Phi) is 8.25. The minimum absolute atomic E-state index is 0.0968. The van der Waals surface area contributed by atoms with E-state index < -0.39 is 5.41 Å². The fourth-order valence-corrected chi connectivity index (χ4v) is 7.56. The Morgan fingerprint density at radius 1 is 0.805 bits per heavy atom. The van der Waals surface area contributed by atoms with Gasteiger partial charge < -0.3 is 10.2 Å². The Balaban J connectivity index is 1.19. The van der Waals surface area contributed by atoms with Gasteiger partial charge in [-0.25, -0.2) is 0 Å². The number of para-hydroxylation sites is 1. The normalized spacial score (nSPS) is 20.3. The summed E-state index contributed by atoms with van der Waals surface area (Å²) in [6.07, 6.45) is 8.46. The van der Waals surface area contributed by atoms with Crippen molar-refractivity contribution in [3.63, 3.8) is 0 Å². The van der Waals surface area contributed by atoms with Crippen molar-refractivity contribution in [2.45, 2.75) is 75.8 Å². The van der Waals surface area contributed by atoms with E-state index in [0.717, 1.165) is 69.4 Å². The lowest BCUT2D eigenvalue weighted by atomic mass is 9.73. The summed E-state index contributed by atoms with van der Waals surface area (Å²) in [7, 11) is 0. The Hall–Kier alpha value is -3.44. The number of ketones is 1. The van der Waals surface area contributed by atoms with Crippen LogP contribution in [0.4, 0.5) is 5.69 Å². The molecule has 1 aliphatic heterocycles. The molecule has 1 unspecified atom stereocenters. The smallest absolute Gasteiger partial charge is 0.235 e. The van der Waals surface area contributed by atoms with Gasteiger partial charge in [0.05, 0.1) is 6.04 Å². The van der Waals surface area contributed by atoms with Gasteiger partial charge in [0.1, 0.15) is 11.2 Å². The molecule has 214 valence electrons. The zero-order valence-electron chi connectivity index (χ0n) is 24.4. The number of carbonyl (C=O) groups excluding carboxylic acids is 2. The van der Waals surface area contributed by atoms with Crippen LogP contribution in [0.3, 0.4) is 0 Å². The number of carbonyl (C=O) groups is 2. The predicted octanol–water partition coefficient (Wildman–Crippen LogP) is 6.35. The van der Waals surface area contributed by atoms with Gasteiger partial charge in [-0.2, -0.15) is 0 Å². The van der Waals surface area contributed by atoms with Crippen molar-refractivity contribution in [3.05, 3.63) is 90.0 Å². The molecule has 0 bridgehead atoms. The van der Waals surface area contributed by atoms with Crippen LogP contribution in [0, 0.1) is 0 Å². The molecule has 1 atom stereocenters. The van der Waals surface area contributed by atoms with E-state index in [0.29, 0.717) is 0 Å². The van der Waals surface area contributed by atoms with E-state index in [1.165, 1.54) is 36.1 Å². The van der Waals surface area contributed by atoms with Crippen LogP contribution < -0.4 is 10.2 Å². The molecule has 41 heavy (non-hydrogen) atoms. The van der Waals surface area contributed by atoms with Crippen molar-refractivity contribution < 1.29 is 9.59 Å². The lowest BCUT2D eigenvalue weighted by molar-refractivity contribution is -0.126. The molecule has 1 heterocycles. The Morgan fingerprint density at radius 3 is 2.10 bits per heavy atom. The molecule has 1 N–H and O–H groups in total. The highest BCUT2D eigenvalue weighted by atomic mass is 16.2. The van der Waals surface area contributed by atoms with Crippen molar-refractivity contribution in [3.8, 4) is 11.1 Å². The number of anilines is 1. The summed E-state index contributed by atoms with van der Waals surface area (Å²) in [5, 5.41) is 3.52. The predicted molar refractivity (Wildman–Crippen MR) is 166 cm³/mol. The van der Waals surface area contributed by atoms with E-state index in [2.05, 4.69) is 87.9 Å². The van der Waals surface area contributed by atoms with Gasteiger partial charge >= 0.3 is 0 Å². The number of piperazine rings is 1. The summed E-state index contributed by atoms with van der Waals surface area (Å²) in [6.45, 7) is 5.12. The van der Waals surface area contributed by atoms with Crippen molar-refractivity contribution in [2.75, 3.05) is 31.1 Å². The Labute approximate surface area is 244 Å². The molecule has 2 fully saturated rings. The number of fused-ring (bicyclic) bond motifs is 3. The molecule has 5 heteroatoms. The van der Waals surface area contributed by atoms with Gasteiger partial charge in [-0.1, -0.05) is 92.4 Å². The molecule has 1 saturated carbocycles. The van der Waals surface area contributed by atoms with Crippen molar-refractivity contribution in [2.24, 2.45) is 0 Å². The quantitative estimate of drug-likeness (QED) is 0.316. The number of hydrogen-bond acceptors (Lipinski definition) is 4. The van der Waals surface area contributed by atoms with Crippen molar-refractivity contribution in [1.29, 1.82) is 0 Å². The highest BCUT2D eigenvalue weighted by Gasteiger charge is 2.48. The average molecular weight is 550 g/mol. The second-order valence-corrected chi connectivity index (χ2v) is 12.2. The summed E-state index contributed by atoms with van der Waals surface area (Å²) < 4.78 is 0. The first-order valence-electron chi connectivity index (χ1n) is 15.6. The van der Waals surface area contributed by atoms with E-state index in [1.54, 1.807) is 6.92 Å². The Morgan fingerprint density at radius 2 is 1.44 bits per heavy atom. The summed E-state index contributed by atoms with van der Waals surface area (Å²) in [5.74, 6) is 0.396. The first-order chi connectivity index (χ1) is 20.1. The zero-order chi connectivity index (χ0) is 28.2. The molecular weight excluding hydrogens is 506 g/mol. The number of nitrogens with one attached hydrogen (secondary N) is 1. The van der Waals surface area contributed by atoms with Crippen molar-refractivity contribution >= 4 is 17.4 Å². The molecular formula is C36H43N3O2. The van der Waals surface area contributed by atoms with Gasteiger partial charge in [-0.05, 0) is 73.5 Å². The summed E-state index contributed by atoms with van der Waals surface area (Å²) in [4.78, 5) is 31.8. The third-order valence-electron chi connectivity index (χ3n) is 9.72. The number of Topliss-reactive ketones (excluding diaryl/α,β-unsaturated/α-hetero) is 1. The molecule has 1 saturated heterocycles. The maximum absolute atomic E-state index is 14.4.